The highest BCUT2D eigenvalue weighted by molar-refractivity contribution is 6.23. The molecular formula is C56H36O. The molecule has 0 bridgehead atoms. The average Bonchev–Trinajstić information content (AvgIpc) is 3.88. The van der Waals surface area contributed by atoms with Crippen LogP contribution < -0.4 is 0 Å². The lowest BCUT2D eigenvalue weighted by Crippen LogP contribution is -2.26. The third-order valence-corrected chi connectivity index (χ3v) is 12.9. The SMILES string of the molecule is C=C/C=C\C1=C(C)C2(c3ccccc31)c1ccccc1-c1ccc(-c3c4ccccc4c(-c4ccc5c(ccc6oc7ccccc7c65)c4)c4ccccc34)cc12. The van der Waals surface area contributed by atoms with E-state index in [1.54, 1.807) is 0 Å². The lowest BCUT2D eigenvalue weighted by molar-refractivity contribution is 0.669. The molecule has 0 fully saturated rings. The summed E-state index contributed by atoms with van der Waals surface area (Å²) in [5.41, 5.74) is 17.0. The molecule has 0 saturated carbocycles. The smallest absolute Gasteiger partial charge is 0.136 e. The van der Waals surface area contributed by atoms with Gasteiger partial charge in [-0.1, -0.05) is 170 Å². The summed E-state index contributed by atoms with van der Waals surface area (Å²) in [6.45, 7) is 6.34. The van der Waals surface area contributed by atoms with E-state index in [2.05, 4.69) is 189 Å². The number of hydrogen-bond acceptors (Lipinski definition) is 1. The van der Waals surface area contributed by atoms with Crippen molar-refractivity contribution in [3.8, 4) is 33.4 Å². The number of allylic oxidation sites excluding steroid dienone is 5. The van der Waals surface area contributed by atoms with Gasteiger partial charge in [0, 0.05) is 10.8 Å². The van der Waals surface area contributed by atoms with Crippen LogP contribution in [0.15, 0.2) is 205 Å². The lowest BCUT2D eigenvalue weighted by atomic mass is 9.69. The number of benzene rings is 9. The summed E-state index contributed by atoms with van der Waals surface area (Å²) in [4.78, 5) is 0. The van der Waals surface area contributed by atoms with Crippen LogP contribution in [0.25, 0.3) is 93.2 Å². The minimum Gasteiger partial charge on any atom is -0.456 e. The largest absolute Gasteiger partial charge is 0.456 e. The molecule has 57 heavy (non-hydrogen) atoms. The van der Waals surface area contributed by atoms with Gasteiger partial charge in [-0.15, -0.1) is 0 Å². The van der Waals surface area contributed by atoms with Crippen LogP contribution in [0.1, 0.15) is 29.2 Å². The molecule has 1 heterocycles. The zero-order valence-electron chi connectivity index (χ0n) is 31.5. The second kappa shape index (κ2) is 11.9. The zero-order valence-corrected chi connectivity index (χ0v) is 31.5. The van der Waals surface area contributed by atoms with Crippen LogP contribution in [0, 0.1) is 0 Å². The molecule has 0 N–H and O–H groups in total. The Morgan fingerprint density at radius 2 is 1.04 bits per heavy atom. The van der Waals surface area contributed by atoms with Crippen molar-refractivity contribution < 1.29 is 4.42 Å². The Morgan fingerprint density at radius 1 is 0.474 bits per heavy atom. The Labute approximate surface area is 331 Å². The molecule has 9 aromatic carbocycles. The van der Waals surface area contributed by atoms with Crippen LogP contribution >= 0.6 is 0 Å². The highest BCUT2D eigenvalue weighted by Crippen LogP contribution is 2.62. The van der Waals surface area contributed by atoms with Crippen LogP contribution in [-0.4, -0.2) is 0 Å². The van der Waals surface area contributed by atoms with E-state index in [1.165, 1.54) is 104 Å². The van der Waals surface area contributed by atoms with Crippen molar-refractivity contribution >= 4 is 59.8 Å². The summed E-state index contributed by atoms with van der Waals surface area (Å²) >= 11 is 0. The molecule has 0 saturated heterocycles. The number of furan rings is 1. The van der Waals surface area contributed by atoms with Gasteiger partial charge in [-0.2, -0.15) is 0 Å². The second-order valence-corrected chi connectivity index (χ2v) is 15.5. The Bertz CT molecular complexity index is 3380. The Morgan fingerprint density at radius 3 is 1.74 bits per heavy atom. The summed E-state index contributed by atoms with van der Waals surface area (Å²) in [5.74, 6) is 0. The van der Waals surface area contributed by atoms with E-state index in [9.17, 15) is 0 Å². The summed E-state index contributed by atoms with van der Waals surface area (Å²) < 4.78 is 6.26. The molecule has 1 atom stereocenters. The number of para-hydroxylation sites is 1. The number of fused-ring (bicyclic) bond motifs is 14. The lowest BCUT2D eigenvalue weighted by Gasteiger charge is -2.31. The van der Waals surface area contributed by atoms with Gasteiger partial charge in [-0.25, -0.2) is 0 Å². The van der Waals surface area contributed by atoms with Gasteiger partial charge in [0.1, 0.15) is 11.2 Å². The summed E-state index contributed by atoms with van der Waals surface area (Å²) in [7, 11) is 0. The highest BCUT2D eigenvalue weighted by atomic mass is 16.3. The first kappa shape index (κ1) is 32.1. The molecular weight excluding hydrogens is 689 g/mol. The Balaban J connectivity index is 1.12. The summed E-state index contributed by atoms with van der Waals surface area (Å²) in [5, 5.41) is 9.74. The highest BCUT2D eigenvalue weighted by Gasteiger charge is 2.51. The first-order valence-corrected chi connectivity index (χ1v) is 19.8. The third-order valence-electron chi connectivity index (χ3n) is 12.9. The van der Waals surface area contributed by atoms with Gasteiger partial charge >= 0.3 is 0 Å². The van der Waals surface area contributed by atoms with E-state index in [4.69, 9.17) is 4.42 Å². The van der Waals surface area contributed by atoms with Crippen molar-refractivity contribution in [3.05, 3.63) is 222 Å². The first-order chi connectivity index (χ1) is 28.2. The molecule has 0 aliphatic heterocycles. The monoisotopic (exact) mass is 724 g/mol. The molecule has 1 aromatic heterocycles. The topological polar surface area (TPSA) is 13.1 Å². The summed E-state index contributed by atoms with van der Waals surface area (Å²) in [6.07, 6.45) is 6.19. The Kier molecular flexibility index (Phi) is 6.69. The fraction of sp³-hybridized carbons (Fsp3) is 0.0357. The van der Waals surface area contributed by atoms with Crippen molar-refractivity contribution in [2.24, 2.45) is 0 Å². The standard InChI is InChI=1S/C56H36O/c1-3-4-15-38-34(2)56(48-23-12-9-16-40(38)48)49-24-13-10-17-41(49)42-30-27-37(33-50(42)56)54-45-20-7-5-18-43(45)53(44-19-6-8-21-46(44)54)36-26-29-39-35(32-36)28-31-52-55(39)47-22-11-14-25-51(47)57-52/h3-33H,1H2,2H3/b15-4-. The maximum atomic E-state index is 6.26. The molecule has 266 valence electrons. The minimum absolute atomic E-state index is 0.401. The van der Waals surface area contributed by atoms with Gasteiger partial charge in [0.05, 0.1) is 5.41 Å². The van der Waals surface area contributed by atoms with E-state index in [0.29, 0.717) is 0 Å². The first-order valence-electron chi connectivity index (χ1n) is 19.8. The van der Waals surface area contributed by atoms with E-state index >= 15 is 0 Å². The van der Waals surface area contributed by atoms with E-state index in [1.807, 2.05) is 12.1 Å². The fourth-order valence-corrected chi connectivity index (χ4v) is 10.6. The van der Waals surface area contributed by atoms with Crippen molar-refractivity contribution in [3.63, 3.8) is 0 Å². The van der Waals surface area contributed by atoms with E-state index in [-0.39, 0.29) is 0 Å². The van der Waals surface area contributed by atoms with Crippen molar-refractivity contribution in [1.29, 1.82) is 0 Å². The molecule has 1 unspecified atom stereocenters. The van der Waals surface area contributed by atoms with Crippen LogP contribution in [-0.2, 0) is 5.41 Å². The molecule has 1 nitrogen and oxygen atoms in total. The van der Waals surface area contributed by atoms with Crippen LogP contribution in [0.4, 0.5) is 0 Å². The predicted molar refractivity (Wildman–Crippen MR) is 241 cm³/mol. The number of hydrogen-bond donors (Lipinski definition) is 0. The van der Waals surface area contributed by atoms with E-state index in [0.717, 1.165) is 16.6 Å². The molecule has 2 aliphatic rings. The Hall–Kier alpha value is -7.22. The van der Waals surface area contributed by atoms with Gasteiger partial charge < -0.3 is 4.42 Å². The van der Waals surface area contributed by atoms with Gasteiger partial charge in [0.15, 0.2) is 0 Å². The van der Waals surface area contributed by atoms with Crippen LogP contribution in [0.2, 0.25) is 0 Å². The third kappa shape index (κ3) is 4.23. The maximum absolute atomic E-state index is 6.26. The van der Waals surface area contributed by atoms with Gasteiger partial charge in [0.2, 0.25) is 0 Å². The molecule has 2 aliphatic carbocycles. The zero-order chi connectivity index (χ0) is 37.8. The average molecular weight is 725 g/mol. The van der Waals surface area contributed by atoms with Crippen LogP contribution in [0.5, 0.6) is 0 Å². The molecule has 0 amide bonds. The van der Waals surface area contributed by atoms with Crippen molar-refractivity contribution in [2.75, 3.05) is 0 Å². The molecule has 1 spiro atoms. The predicted octanol–water partition coefficient (Wildman–Crippen LogP) is 15.2. The van der Waals surface area contributed by atoms with Crippen LogP contribution in [0.3, 0.4) is 0 Å². The molecule has 12 rings (SSSR count). The fourth-order valence-electron chi connectivity index (χ4n) is 10.6. The minimum atomic E-state index is -0.401. The number of rotatable bonds is 4. The van der Waals surface area contributed by atoms with E-state index < -0.39 is 5.41 Å². The maximum Gasteiger partial charge on any atom is 0.136 e. The molecule has 0 radical (unpaired) electrons. The van der Waals surface area contributed by atoms with Gasteiger partial charge in [0.25, 0.3) is 0 Å². The van der Waals surface area contributed by atoms with Gasteiger partial charge in [-0.3, -0.25) is 0 Å². The quantitative estimate of drug-likeness (QED) is 0.130. The molecule has 1 heteroatoms. The summed E-state index contributed by atoms with van der Waals surface area (Å²) in [6, 6.07) is 62.9. The normalized spacial score (nSPS) is 15.8. The molecule has 10 aromatic rings. The second-order valence-electron chi connectivity index (χ2n) is 15.5. The van der Waals surface area contributed by atoms with Crippen molar-refractivity contribution in [2.45, 2.75) is 12.3 Å². The van der Waals surface area contributed by atoms with Gasteiger partial charge in [-0.05, 0) is 130 Å². The van der Waals surface area contributed by atoms with Crippen molar-refractivity contribution in [1.82, 2.24) is 0 Å².